The Morgan fingerprint density at radius 2 is 2.40 bits per heavy atom. The largest absolute Gasteiger partial charge is 0.326 e. The molecular weight excluding hydrogens is 152 g/mol. The van der Waals surface area contributed by atoms with E-state index in [9.17, 15) is 0 Å². The van der Waals surface area contributed by atoms with Crippen molar-refractivity contribution in [2.24, 2.45) is 5.73 Å². The third-order valence-electron chi connectivity index (χ3n) is 0.947. The smallest absolute Gasteiger partial charge is 0.0692 e. The van der Waals surface area contributed by atoms with E-state index in [1.54, 1.807) is 17.1 Å². The molecule has 1 rings (SSSR count). The Bertz CT molecular complexity index is 160. The number of nitrogens with zero attached hydrogens (tertiary/aromatic N) is 3. The van der Waals surface area contributed by atoms with Gasteiger partial charge in [0.2, 0.25) is 0 Å². The molecule has 2 N–H and O–H groups in total. The van der Waals surface area contributed by atoms with Crippen molar-refractivity contribution >= 4 is 12.4 Å². The molecule has 58 valence electrons. The fourth-order valence-corrected chi connectivity index (χ4v) is 0.625. The predicted octanol–water partition coefficient (Wildman–Crippen LogP) is 0.0471. The van der Waals surface area contributed by atoms with Crippen molar-refractivity contribution in [1.29, 1.82) is 0 Å². The van der Waals surface area contributed by atoms with E-state index in [1.807, 2.05) is 6.92 Å². The van der Waals surface area contributed by atoms with Crippen LogP contribution >= 0.6 is 12.4 Å². The molecule has 0 aliphatic carbocycles. The summed E-state index contributed by atoms with van der Waals surface area (Å²) < 4.78 is 1.71. The second kappa shape index (κ2) is 4.24. The molecule has 0 spiro atoms. The summed E-state index contributed by atoms with van der Waals surface area (Å²) in [6.07, 6.45) is 3.44. The molecule has 0 unspecified atom stereocenters. The predicted molar refractivity (Wildman–Crippen MR) is 40.9 cm³/mol. The SMILES string of the molecule is C[C@@H](N)Cn1ccnn1.Cl. The van der Waals surface area contributed by atoms with Crippen LogP contribution in [0.25, 0.3) is 0 Å². The molecule has 1 aromatic rings. The normalized spacial score (nSPS) is 12.2. The van der Waals surface area contributed by atoms with Gasteiger partial charge in [0.15, 0.2) is 0 Å². The summed E-state index contributed by atoms with van der Waals surface area (Å²) in [5.41, 5.74) is 5.50. The van der Waals surface area contributed by atoms with Crippen LogP contribution in [0.3, 0.4) is 0 Å². The summed E-state index contributed by atoms with van der Waals surface area (Å²) in [4.78, 5) is 0. The molecule has 4 nitrogen and oxygen atoms in total. The Kier molecular flexibility index (Phi) is 3.99. The lowest BCUT2D eigenvalue weighted by molar-refractivity contribution is 0.523. The van der Waals surface area contributed by atoms with Crippen LogP contribution < -0.4 is 5.73 Å². The van der Waals surface area contributed by atoms with E-state index < -0.39 is 0 Å². The zero-order valence-electron chi connectivity index (χ0n) is 5.77. The highest BCUT2D eigenvalue weighted by Crippen LogP contribution is 1.83. The average Bonchev–Trinajstić information content (AvgIpc) is 2.15. The molecule has 0 bridgehead atoms. The quantitative estimate of drug-likeness (QED) is 0.669. The molecule has 1 atom stereocenters. The number of nitrogens with two attached hydrogens (primary N) is 1. The Hall–Kier alpha value is -0.610. The Morgan fingerprint density at radius 3 is 2.80 bits per heavy atom. The van der Waals surface area contributed by atoms with E-state index in [4.69, 9.17) is 5.73 Å². The third kappa shape index (κ3) is 2.80. The van der Waals surface area contributed by atoms with Gasteiger partial charge in [0, 0.05) is 12.2 Å². The summed E-state index contributed by atoms with van der Waals surface area (Å²) in [5, 5.41) is 7.38. The van der Waals surface area contributed by atoms with E-state index in [0.717, 1.165) is 6.54 Å². The minimum absolute atomic E-state index is 0. The number of hydrogen-bond acceptors (Lipinski definition) is 3. The second-order valence-electron chi connectivity index (χ2n) is 2.10. The maximum Gasteiger partial charge on any atom is 0.0692 e. The van der Waals surface area contributed by atoms with Crippen LogP contribution in [0.4, 0.5) is 0 Å². The molecule has 1 aromatic heterocycles. The highest BCUT2D eigenvalue weighted by atomic mass is 35.5. The minimum Gasteiger partial charge on any atom is -0.326 e. The summed E-state index contributed by atoms with van der Waals surface area (Å²) in [7, 11) is 0. The Balaban J connectivity index is 0.000000810. The fraction of sp³-hybridized carbons (Fsp3) is 0.600. The minimum atomic E-state index is 0. The molecule has 0 aromatic carbocycles. The fourth-order valence-electron chi connectivity index (χ4n) is 0.625. The van der Waals surface area contributed by atoms with Gasteiger partial charge in [0.05, 0.1) is 12.7 Å². The summed E-state index contributed by atoms with van der Waals surface area (Å²) in [6, 6.07) is 0.145. The number of rotatable bonds is 2. The maximum absolute atomic E-state index is 5.50. The third-order valence-corrected chi connectivity index (χ3v) is 0.947. The van der Waals surface area contributed by atoms with Crippen molar-refractivity contribution in [2.45, 2.75) is 19.5 Å². The van der Waals surface area contributed by atoms with Gasteiger partial charge in [-0.15, -0.1) is 17.5 Å². The van der Waals surface area contributed by atoms with Gasteiger partial charge in [0.1, 0.15) is 0 Å². The van der Waals surface area contributed by atoms with Gasteiger partial charge in [-0.2, -0.15) is 0 Å². The van der Waals surface area contributed by atoms with Crippen molar-refractivity contribution in [3.8, 4) is 0 Å². The molecule has 0 amide bonds. The lowest BCUT2D eigenvalue weighted by Crippen LogP contribution is -2.22. The summed E-state index contributed by atoms with van der Waals surface area (Å²) >= 11 is 0. The zero-order valence-corrected chi connectivity index (χ0v) is 6.58. The zero-order chi connectivity index (χ0) is 6.69. The van der Waals surface area contributed by atoms with Crippen molar-refractivity contribution in [3.05, 3.63) is 12.4 Å². The van der Waals surface area contributed by atoms with Crippen molar-refractivity contribution < 1.29 is 0 Å². The second-order valence-corrected chi connectivity index (χ2v) is 2.10. The van der Waals surface area contributed by atoms with Gasteiger partial charge in [-0.1, -0.05) is 5.21 Å². The highest BCUT2D eigenvalue weighted by Gasteiger charge is 1.94. The monoisotopic (exact) mass is 162 g/mol. The van der Waals surface area contributed by atoms with Crippen LogP contribution in [-0.4, -0.2) is 21.0 Å². The Morgan fingerprint density at radius 1 is 1.70 bits per heavy atom. The lowest BCUT2D eigenvalue weighted by Gasteiger charge is -2.01. The van der Waals surface area contributed by atoms with Gasteiger partial charge in [-0.05, 0) is 6.92 Å². The highest BCUT2D eigenvalue weighted by molar-refractivity contribution is 5.85. The Labute approximate surface area is 65.8 Å². The molecule has 0 aliphatic heterocycles. The van der Waals surface area contributed by atoms with E-state index in [2.05, 4.69) is 10.3 Å². The lowest BCUT2D eigenvalue weighted by atomic mass is 10.4. The first-order valence-corrected chi connectivity index (χ1v) is 2.88. The van der Waals surface area contributed by atoms with Gasteiger partial charge in [0.25, 0.3) is 0 Å². The molecule has 0 saturated carbocycles. The molecule has 1 heterocycles. The molecule has 0 saturated heterocycles. The van der Waals surface area contributed by atoms with Gasteiger partial charge >= 0.3 is 0 Å². The van der Waals surface area contributed by atoms with Crippen molar-refractivity contribution in [2.75, 3.05) is 0 Å². The molecule has 5 heteroatoms. The molecule has 0 fully saturated rings. The van der Waals surface area contributed by atoms with Crippen LogP contribution in [0, 0.1) is 0 Å². The number of aromatic nitrogens is 3. The van der Waals surface area contributed by atoms with Crippen LogP contribution in [0.2, 0.25) is 0 Å². The van der Waals surface area contributed by atoms with Crippen LogP contribution in [-0.2, 0) is 6.54 Å². The van der Waals surface area contributed by atoms with E-state index in [1.165, 1.54) is 0 Å². The van der Waals surface area contributed by atoms with Gasteiger partial charge in [-0.3, -0.25) is 4.68 Å². The first-order valence-electron chi connectivity index (χ1n) is 2.88. The molecule has 10 heavy (non-hydrogen) atoms. The van der Waals surface area contributed by atoms with Crippen molar-refractivity contribution in [1.82, 2.24) is 15.0 Å². The van der Waals surface area contributed by atoms with Crippen LogP contribution in [0.1, 0.15) is 6.92 Å². The standard InChI is InChI=1S/C5H10N4.ClH/c1-5(6)4-9-3-2-7-8-9;/h2-3,5H,4,6H2,1H3;1H/t5-;/m1./s1. The average molecular weight is 163 g/mol. The molecule has 0 radical (unpaired) electrons. The molecular formula is C5H11ClN4. The van der Waals surface area contributed by atoms with Gasteiger partial charge < -0.3 is 5.73 Å². The van der Waals surface area contributed by atoms with Crippen LogP contribution in [0.15, 0.2) is 12.4 Å². The van der Waals surface area contributed by atoms with Gasteiger partial charge in [-0.25, -0.2) is 0 Å². The van der Waals surface area contributed by atoms with Crippen LogP contribution in [0.5, 0.6) is 0 Å². The topological polar surface area (TPSA) is 56.7 Å². The maximum atomic E-state index is 5.50. The summed E-state index contributed by atoms with van der Waals surface area (Å²) in [6.45, 7) is 2.67. The first kappa shape index (κ1) is 9.39. The molecule has 0 aliphatic rings. The van der Waals surface area contributed by atoms with Crippen molar-refractivity contribution in [3.63, 3.8) is 0 Å². The van der Waals surface area contributed by atoms with E-state index in [0.29, 0.717) is 0 Å². The number of halogens is 1. The first-order chi connectivity index (χ1) is 4.29. The number of hydrogen-bond donors (Lipinski definition) is 1. The van der Waals surface area contributed by atoms with E-state index in [-0.39, 0.29) is 18.4 Å². The summed E-state index contributed by atoms with van der Waals surface area (Å²) in [5.74, 6) is 0. The van der Waals surface area contributed by atoms with E-state index >= 15 is 0 Å².